The molecular formula is C28H33ClN6O2. The van der Waals surface area contributed by atoms with Crippen molar-refractivity contribution in [3.05, 3.63) is 83.1 Å². The lowest BCUT2D eigenvalue weighted by molar-refractivity contribution is -0.129. The van der Waals surface area contributed by atoms with Gasteiger partial charge in [-0.25, -0.2) is 9.97 Å². The van der Waals surface area contributed by atoms with E-state index in [0.717, 1.165) is 30.5 Å². The molecule has 9 heteroatoms. The summed E-state index contributed by atoms with van der Waals surface area (Å²) >= 11 is 6.11. The Morgan fingerprint density at radius 1 is 0.973 bits per heavy atom. The Bertz CT molecular complexity index is 1190. The molecule has 3 unspecified atom stereocenters. The van der Waals surface area contributed by atoms with Crippen LogP contribution < -0.4 is 16.1 Å². The van der Waals surface area contributed by atoms with E-state index in [0.29, 0.717) is 29.9 Å². The van der Waals surface area contributed by atoms with Crippen molar-refractivity contribution >= 4 is 23.4 Å². The normalized spacial score (nSPS) is 19.8. The van der Waals surface area contributed by atoms with Crippen LogP contribution in [-0.2, 0) is 16.0 Å². The van der Waals surface area contributed by atoms with Crippen LogP contribution >= 0.6 is 11.6 Å². The standard InChI is InChI=1S/C28H33ClN6O2/c1-19(36)30-14-15-31-27-18-22(16-21-8-10-24(29)11-9-21)17-26(35(27)34-20(2)37)25-12-13-32-28(33-25)23-6-4-3-5-7-23/h3-13,22,26-27,31H,14-18H2,1-2H3,(H,30,36)(H,34,37). The van der Waals surface area contributed by atoms with E-state index in [-0.39, 0.29) is 24.0 Å². The summed E-state index contributed by atoms with van der Waals surface area (Å²) in [5.41, 5.74) is 6.04. The molecule has 2 heterocycles. The molecule has 0 radical (unpaired) electrons. The van der Waals surface area contributed by atoms with Gasteiger partial charge in [-0.3, -0.25) is 20.3 Å². The molecule has 3 atom stereocenters. The molecule has 0 spiro atoms. The summed E-state index contributed by atoms with van der Waals surface area (Å²) < 4.78 is 0. The summed E-state index contributed by atoms with van der Waals surface area (Å²) in [6.07, 6.45) is 4.12. The van der Waals surface area contributed by atoms with Crippen LogP contribution in [0.5, 0.6) is 0 Å². The van der Waals surface area contributed by atoms with E-state index < -0.39 is 0 Å². The quantitative estimate of drug-likeness (QED) is 0.370. The third-order valence-corrected chi connectivity index (χ3v) is 6.69. The molecule has 1 aromatic heterocycles. The van der Waals surface area contributed by atoms with Gasteiger partial charge in [0.05, 0.1) is 17.9 Å². The summed E-state index contributed by atoms with van der Waals surface area (Å²) in [5.74, 6) is 0.754. The van der Waals surface area contributed by atoms with Crippen LogP contribution in [0.1, 0.15) is 44.0 Å². The van der Waals surface area contributed by atoms with Gasteiger partial charge in [0.1, 0.15) is 0 Å². The minimum absolute atomic E-state index is 0.0721. The van der Waals surface area contributed by atoms with Crippen molar-refractivity contribution in [1.82, 2.24) is 31.0 Å². The summed E-state index contributed by atoms with van der Waals surface area (Å²) in [4.78, 5) is 33.0. The summed E-state index contributed by atoms with van der Waals surface area (Å²) in [5, 5.41) is 9.05. The maximum atomic E-state index is 12.3. The summed E-state index contributed by atoms with van der Waals surface area (Å²) in [6, 6.07) is 19.6. The fraction of sp³-hybridized carbons (Fsp3) is 0.357. The third-order valence-electron chi connectivity index (χ3n) is 6.44. The highest BCUT2D eigenvalue weighted by Crippen LogP contribution is 2.37. The van der Waals surface area contributed by atoms with E-state index in [1.165, 1.54) is 19.4 Å². The zero-order valence-corrected chi connectivity index (χ0v) is 21.9. The average Bonchev–Trinajstić information content (AvgIpc) is 2.89. The topological polar surface area (TPSA) is 99.2 Å². The fourth-order valence-electron chi connectivity index (χ4n) is 4.84. The lowest BCUT2D eigenvalue weighted by atomic mass is 9.84. The Labute approximate surface area is 222 Å². The van der Waals surface area contributed by atoms with Crippen molar-refractivity contribution in [1.29, 1.82) is 0 Å². The molecule has 1 aliphatic rings. The Morgan fingerprint density at radius 3 is 2.43 bits per heavy atom. The van der Waals surface area contributed by atoms with E-state index in [4.69, 9.17) is 16.6 Å². The minimum Gasteiger partial charge on any atom is -0.355 e. The highest BCUT2D eigenvalue weighted by molar-refractivity contribution is 6.30. The molecular weight excluding hydrogens is 488 g/mol. The average molecular weight is 521 g/mol. The van der Waals surface area contributed by atoms with Crippen LogP contribution in [-0.4, -0.2) is 46.0 Å². The molecule has 0 saturated carbocycles. The largest absolute Gasteiger partial charge is 0.355 e. The van der Waals surface area contributed by atoms with Crippen molar-refractivity contribution in [3.63, 3.8) is 0 Å². The minimum atomic E-state index is -0.168. The lowest BCUT2D eigenvalue weighted by Gasteiger charge is -2.45. The second-order valence-electron chi connectivity index (χ2n) is 9.38. The van der Waals surface area contributed by atoms with Crippen LogP contribution in [0, 0.1) is 5.92 Å². The number of amides is 2. The molecule has 3 aromatic rings. The molecule has 8 nitrogen and oxygen atoms in total. The monoisotopic (exact) mass is 520 g/mol. The zero-order valence-electron chi connectivity index (χ0n) is 21.2. The first kappa shape index (κ1) is 26.7. The molecule has 194 valence electrons. The number of nitrogens with zero attached hydrogens (tertiary/aromatic N) is 3. The number of benzene rings is 2. The van der Waals surface area contributed by atoms with Crippen molar-refractivity contribution < 1.29 is 9.59 Å². The van der Waals surface area contributed by atoms with Crippen LogP contribution in [0.2, 0.25) is 5.02 Å². The number of halogens is 1. The Hall–Kier alpha value is -3.33. The Morgan fingerprint density at radius 2 is 1.73 bits per heavy atom. The van der Waals surface area contributed by atoms with Crippen molar-refractivity contribution in [2.45, 2.75) is 45.3 Å². The van der Waals surface area contributed by atoms with Gasteiger partial charge < -0.3 is 5.32 Å². The van der Waals surface area contributed by atoms with E-state index in [1.807, 2.05) is 53.5 Å². The van der Waals surface area contributed by atoms with Gasteiger partial charge >= 0.3 is 0 Å². The second-order valence-corrected chi connectivity index (χ2v) is 9.82. The first-order valence-corrected chi connectivity index (χ1v) is 12.9. The van der Waals surface area contributed by atoms with E-state index >= 15 is 0 Å². The summed E-state index contributed by atoms with van der Waals surface area (Å²) in [7, 11) is 0. The molecule has 3 N–H and O–H groups in total. The molecule has 1 fully saturated rings. The van der Waals surface area contributed by atoms with Gasteiger partial charge in [-0.15, -0.1) is 0 Å². The van der Waals surface area contributed by atoms with Gasteiger partial charge in [0.25, 0.3) is 0 Å². The fourth-order valence-corrected chi connectivity index (χ4v) is 4.96. The van der Waals surface area contributed by atoms with Gasteiger partial charge in [-0.1, -0.05) is 54.1 Å². The van der Waals surface area contributed by atoms with Gasteiger partial charge in [0.15, 0.2) is 5.82 Å². The van der Waals surface area contributed by atoms with Crippen molar-refractivity contribution in [2.24, 2.45) is 5.92 Å². The number of nitrogens with one attached hydrogen (secondary N) is 3. The van der Waals surface area contributed by atoms with Crippen LogP contribution in [0.4, 0.5) is 0 Å². The molecule has 2 aromatic carbocycles. The maximum Gasteiger partial charge on any atom is 0.231 e. The first-order valence-electron chi connectivity index (χ1n) is 12.5. The van der Waals surface area contributed by atoms with Crippen LogP contribution in [0.25, 0.3) is 11.4 Å². The molecule has 0 bridgehead atoms. The molecule has 2 amide bonds. The predicted octanol–water partition coefficient (Wildman–Crippen LogP) is 3.90. The van der Waals surface area contributed by atoms with Crippen molar-refractivity contribution in [3.8, 4) is 11.4 Å². The van der Waals surface area contributed by atoms with Crippen LogP contribution in [0.3, 0.4) is 0 Å². The molecule has 1 saturated heterocycles. The summed E-state index contributed by atoms with van der Waals surface area (Å²) in [6.45, 7) is 4.08. The number of rotatable bonds is 9. The number of hydrazine groups is 1. The van der Waals surface area contributed by atoms with E-state index in [2.05, 4.69) is 33.2 Å². The highest BCUT2D eigenvalue weighted by atomic mass is 35.5. The third kappa shape index (κ3) is 7.58. The number of hydrogen-bond acceptors (Lipinski definition) is 6. The van der Waals surface area contributed by atoms with Crippen molar-refractivity contribution in [2.75, 3.05) is 13.1 Å². The van der Waals surface area contributed by atoms with Gasteiger partial charge in [-0.05, 0) is 48.9 Å². The zero-order chi connectivity index (χ0) is 26.2. The first-order chi connectivity index (χ1) is 17.9. The van der Waals surface area contributed by atoms with Crippen LogP contribution in [0.15, 0.2) is 66.9 Å². The van der Waals surface area contributed by atoms with Gasteiger partial charge in [0.2, 0.25) is 11.8 Å². The molecule has 0 aliphatic carbocycles. The number of piperidine rings is 1. The highest BCUT2D eigenvalue weighted by Gasteiger charge is 2.38. The number of carbonyl (C=O) groups excluding carboxylic acids is 2. The maximum absolute atomic E-state index is 12.3. The predicted molar refractivity (Wildman–Crippen MR) is 144 cm³/mol. The van der Waals surface area contributed by atoms with E-state index in [9.17, 15) is 9.59 Å². The SMILES string of the molecule is CC(=O)NCCNC1CC(Cc2ccc(Cl)cc2)CC(c2ccnc(-c3ccccc3)n2)N1NC(C)=O. The smallest absolute Gasteiger partial charge is 0.231 e. The number of hydrogen-bond donors (Lipinski definition) is 3. The van der Waals surface area contributed by atoms with E-state index in [1.54, 1.807) is 6.20 Å². The van der Waals surface area contributed by atoms with Gasteiger partial charge in [0, 0.05) is 43.7 Å². The lowest BCUT2D eigenvalue weighted by Crippen LogP contribution is -2.59. The molecule has 4 rings (SSSR count). The Balaban J connectivity index is 1.63. The Kier molecular flexibility index (Phi) is 9.22. The molecule has 37 heavy (non-hydrogen) atoms. The second kappa shape index (κ2) is 12.8. The number of aromatic nitrogens is 2. The molecule has 1 aliphatic heterocycles. The van der Waals surface area contributed by atoms with Gasteiger partial charge in [-0.2, -0.15) is 5.01 Å². The number of carbonyl (C=O) groups is 2.